The highest BCUT2D eigenvalue weighted by Gasteiger charge is 2.22. The fourth-order valence-electron chi connectivity index (χ4n) is 2.89. The van der Waals surface area contributed by atoms with Crippen LogP contribution in [0.2, 0.25) is 0 Å². The maximum absolute atomic E-state index is 6.06. The fourth-order valence-corrected chi connectivity index (χ4v) is 2.89. The first-order valence-corrected chi connectivity index (χ1v) is 7.78. The highest BCUT2D eigenvalue weighted by Crippen LogP contribution is 2.19. The van der Waals surface area contributed by atoms with E-state index in [4.69, 9.17) is 5.73 Å². The third-order valence-corrected chi connectivity index (χ3v) is 4.55. The van der Waals surface area contributed by atoms with Crippen LogP contribution in [-0.2, 0) is 6.42 Å². The molecule has 0 bridgehead atoms. The number of nitrogens with two attached hydrogens (primary N) is 1. The first-order chi connectivity index (χ1) is 9.20. The third-order valence-electron chi connectivity index (χ3n) is 4.55. The maximum Gasteiger partial charge on any atom is 0.0219 e. The molecule has 0 aliphatic heterocycles. The molecule has 106 valence electrons. The van der Waals surface area contributed by atoms with Gasteiger partial charge in [0.25, 0.3) is 0 Å². The Bertz CT molecular complexity index is 371. The largest absolute Gasteiger partial charge is 0.326 e. The minimum Gasteiger partial charge on any atom is -0.326 e. The summed E-state index contributed by atoms with van der Waals surface area (Å²) in [7, 11) is 0. The van der Waals surface area contributed by atoms with E-state index in [2.05, 4.69) is 43.4 Å². The predicted molar refractivity (Wildman–Crippen MR) is 82.5 cm³/mol. The Hall–Kier alpha value is -0.860. The summed E-state index contributed by atoms with van der Waals surface area (Å²) in [6.07, 6.45) is 6.02. The summed E-state index contributed by atoms with van der Waals surface area (Å²) in [6.45, 7) is 5.58. The van der Waals surface area contributed by atoms with Crippen molar-refractivity contribution < 1.29 is 0 Å². The monoisotopic (exact) mass is 260 g/mol. The number of hydrogen-bond acceptors (Lipinski definition) is 2. The molecule has 3 atom stereocenters. The second-order valence-electron chi connectivity index (χ2n) is 5.96. The standard InChI is InChI=1S/C17H28N2/c1-3-13(2)15-9-7-14(8-10-15)11-12-19-17-6-4-5-16(17)18/h7-10,13,16-17,19H,3-6,11-12,18H2,1-2H3. The molecule has 1 saturated carbocycles. The fraction of sp³-hybridized carbons (Fsp3) is 0.647. The third kappa shape index (κ3) is 4.05. The number of rotatable bonds is 6. The van der Waals surface area contributed by atoms with Crippen molar-refractivity contribution in [2.45, 2.75) is 64.0 Å². The van der Waals surface area contributed by atoms with Gasteiger partial charge in [-0.05, 0) is 49.3 Å². The van der Waals surface area contributed by atoms with Gasteiger partial charge in [-0.2, -0.15) is 0 Å². The van der Waals surface area contributed by atoms with E-state index in [1.807, 2.05) is 0 Å². The van der Waals surface area contributed by atoms with Gasteiger partial charge in [-0.3, -0.25) is 0 Å². The summed E-state index contributed by atoms with van der Waals surface area (Å²) in [6, 6.07) is 10.0. The van der Waals surface area contributed by atoms with Crippen LogP contribution in [0.4, 0.5) is 0 Å². The summed E-state index contributed by atoms with van der Waals surface area (Å²) in [5.41, 5.74) is 8.94. The van der Waals surface area contributed by atoms with Crippen LogP contribution in [0.25, 0.3) is 0 Å². The van der Waals surface area contributed by atoms with Crippen LogP contribution in [0.3, 0.4) is 0 Å². The normalized spacial score (nSPS) is 24.6. The molecule has 1 aliphatic rings. The highest BCUT2D eigenvalue weighted by atomic mass is 15.0. The van der Waals surface area contributed by atoms with Crippen molar-refractivity contribution in [1.82, 2.24) is 5.32 Å². The van der Waals surface area contributed by atoms with Gasteiger partial charge in [0, 0.05) is 12.1 Å². The lowest BCUT2D eigenvalue weighted by molar-refractivity contribution is 0.479. The molecule has 1 aliphatic carbocycles. The summed E-state index contributed by atoms with van der Waals surface area (Å²) in [5, 5.41) is 3.60. The molecular weight excluding hydrogens is 232 g/mol. The smallest absolute Gasteiger partial charge is 0.0219 e. The molecule has 0 radical (unpaired) electrons. The zero-order chi connectivity index (χ0) is 13.7. The lowest BCUT2D eigenvalue weighted by atomic mass is 9.97. The van der Waals surface area contributed by atoms with E-state index in [-0.39, 0.29) is 0 Å². The van der Waals surface area contributed by atoms with Crippen LogP contribution < -0.4 is 11.1 Å². The molecule has 3 unspecified atom stereocenters. The lowest BCUT2D eigenvalue weighted by Gasteiger charge is -2.17. The first kappa shape index (κ1) is 14.5. The molecule has 0 amide bonds. The quantitative estimate of drug-likeness (QED) is 0.824. The zero-order valence-corrected chi connectivity index (χ0v) is 12.4. The Morgan fingerprint density at radius 2 is 2.00 bits per heavy atom. The minimum absolute atomic E-state index is 0.368. The lowest BCUT2D eigenvalue weighted by Crippen LogP contribution is -2.41. The molecule has 3 N–H and O–H groups in total. The predicted octanol–water partition coefficient (Wildman–Crippen LogP) is 3.21. The maximum atomic E-state index is 6.06. The second kappa shape index (κ2) is 7.06. The van der Waals surface area contributed by atoms with Gasteiger partial charge in [-0.25, -0.2) is 0 Å². The van der Waals surface area contributed by atoms with Gasteiger partial charge < -0.3 is 11.1 Å². The number of benzene rings is 1. The Balaban J connectivity index is 1.77. The van der Waals surface area contributed by atoms with Crippen LogP contribution in [0, 0.1) is 0 Å². The Morgan fingerprint density at radius 1 is 1.26 bits per heavy atom. The van der Waals surface area contributed by atoms with E-state index in [0.29, 0.717) is 18.0 Å². The molecule has 2 nitrogen and oxygen atoms in total. The van der Waals surface area contributed by atoms with Crippen LogP contribution >= 0.6 is 0 Å². The second-order valence-corrected chi connectivity index (χ2v) is 5.96. The van der Waals surface area contributed by atoms with E-state index in [1.165, 1.54) is 36.8 Å². The van der Waals surface area contributed by atoms with Gasteiger partial charge in [-0.1, -0.05) is 44.5 Å². The molecule has 0 heterocycles. The van der Waals surface area contributed by atoms with E-state index in [0.717, 1.165) is 13.0 Å². The SMILES string of the molecule is CCC(C)c1ccc(CCNC2CCCC2N)cc1. The topological polar surface area (TPSA) is 38.0 Å². The molecule has 2 rings (SSSR count). The Morgan fingerprint density at radius 3 is 2.58 bits per heavy atom. The average molecular weight is 260 g/mol. The molecule has 19 heavy (non-hydrogen) atoms. The van der Waals surface area contributed by atoms with Crippen molar-refractivity contribution in [2.75, 3.05) is 6.54 Å². The van der Waals surface area contributed by atoms with E-state index in [9.17, 15) is 0 Å². The molecule has 0 saturated heterocycles. The Labute approximate surface area is 117 Å². The summed E-state index contributed by atoms with van der Waals surface area (Å²) in [5.74, 6) is 0.670. The molecule has 1 fully saturated rings. The van der Waals surface area contributed by atoms with Gasteiger partial charge in [0.05, 0.1) is 0 Å². The van der Waals surface area contributed by atoms with Gasteiger partial charge in [0.15, 0.2) is 0 Å². The van der Waals surface area contributed by atoms with Crippen molar-refractivity contribution in [3.8, 4) is 0 Å². The van der Waals surface area contributed by atoms with Gasteiger partial charge in [0.1, 0.15) is 0 Å². The molecule has 0 spiro atoms. The highest BCUT2D eigenvalue weighted by molar-refractivity contribution is 5.25. The van der Waals surface area contributed by atoms with E-state index >= 15 is 0 Å². The Kier molecular flexibility index (Phi) is 5.41. The molecule has 1 aromatic rings. The molecule has 0 aromatic heterocycles. The van der Waals surface area contributed by atoms with Crippen LogP contribution in [0.15, 0.2) is 24.3 Å². The minimum atomic E-state index is 0.368. The van der Waals surface area contributed by atoms with Crippen molar-refractivity contribution in [3.63, 3.8) is 0 Å². The summed E-state index contributed by atoms with van der Waals surface area (Å²) < 4.78 is 0. The van der Waals surface area contributed by atoms with Crippen molar-refractivity contribution in [3.05, 3.63) is 35.4 Å². The number of nitrogens with one attached hydrogen (secondary N) is 1. The molecular formula is C17H28N2. The molecule has 1 aromatic carbocycles. The molecule has 2 heteroatoms. The first-order valence-electron chi connectivity index (χ1n) is 7.78. The van der Waals surface area contributed by atoms with Gasteiger partial charge in [0.2, 0.25) is 0 Å². The summed E-state index contributed by atoms with van der Waals surface area (Å²) >= 11 is 0. The van der Waals surface area contributed by atoms with Crippen molar-refractivity contribution in [1.29, 1.82) is 0 Å². The van der Waals surface area contributed by atoms with E-state index < -0.39 is 0 Å². The van der Waals surface area contributed by atoms with E-state index in [1.54, 1.807) is 0 Å². The van der Waals surface area contributed by atoms with Crippen molar-refractivity contribution in [2.24, 2.45) is 5.73 Å². The van der Waals surface area contributed by atoms with Gasteiger partial charge in [-0.15, -0.1) is 0 Å². The zero-order valence-electron chi connectivity index (χ0n) is 12.4. The van der Waals surface area contributed by atoms with Crippen LogP contribution in [0.1, 0.15) is 56.6 Å². The van der Waals surface area contributed by atoms with Gasteiger partial charge >= 0.3 is 0 Å². The van der Waals surface area contributed by atoms with Crippen LogP contribution in [0.5, 0.6) is 0 Å². The number of hydrogen-bond donors (Lipinski definition) is 2. The average Bonchev–Trinajstić information content (AvgIpc) is 2.84. The van der Waals surface area contributed by atoms with Crippen molar-refractivity contribution >= 4 is 0 Å². The van der Waals surface area contributed by atoms with Crippen LogP contribution in [-0.4, -0.2) is 18.6 Å². The summed E-state index contributed by atoms with van der Waals surface area (Å²) in [4.78, 5) is 0.